The standard InChI is InChI=1S/2C8H7NO5.Ni.11H2O/c2*10-8(11)5-14-7-3-1-6(2-4-7)9(12)13;;;;;;;;;;;;/h2*1-4H,5H2,(H,10,11);;11*1H2/q;;+2;;;;;;;;;;;/p+4. The van der Waals surface area contributed by atoms with Gasteiger partial charge < -0.3 is 89.5 Å². The number of hydrogen-bond acceptors (Lipinski definition) is 10. The van der Waals surface area contributed by atoms with E-state index in [1.807, 2.05) is 0 Å². The quantitative estimate of drug-likeness (QED) is 0.112. The molecule has 0 saturated heterocycles. The minimum atomic E-state index is -1.34. The Labute approximate surface area is 233 Å². The number of hydrogen-bond donors (Lipinski definition) is 0. The third-order valence-corrected chi connectivity index (χ3v) is 2.81. The van der Waals surface area contributed by atoms with Crippen LogP contribution in [-0.2, 0) is 58.9 Å². The molecule has 244 valence electrons. The summed E-state index contributed by atoms with van der Waals surface area (Å²) in [5.74, 6) is -2.19. The van der Waals surface area contributed by atoms with E-state index in [4.69, 9.17) is 9.47 Å². The van der Waals surface area contributed by atoms with Gasteiger partial charge in [-0.05, 0) is 24.3 Å². The molecule has 40 heavy (non-hydrogen) atoms. The van der Waals surface area contributed by atoms with Crippen LogP contribution in [0.3, 0.4) is 0 Å². The molecule has 0 heterocycles. The number of carbonyl (C=O) groups is 2. The molecular formula is C16H40N2NiO21+6. The van der Waals surface area contributed by atoms with Gasteiger partial charge in [0.05, 0.1) is 21.8 Å². The van der Waals surface area contributed by atoms with Crippen LogP contribution in [0.4, 0.5) is 11.4 Å². The van der Waals surface area contributed by atoms with E-state index in [1.54, 1.807) is 0 Å². The monoisotopic (exact) mass is 654 g/mol. The Hall–Kier alpha value is -4.17. The maximum absolute atomic E-state index is 10.2. The molecular weight excluding hydrogens is 615 g/mol. The maximum Gasteiger partial charge on any atom is 2.00 e. The first-order valence-corrected chi connectivity index (χ1v) is 7.33. The Morgan fingerprint density at radius 1 is 0.550 bits per heavy atom. The first-order valence-electron chi connectivity index (χ1n) is 7.33. The van der Waals surface area contributed by atoms with E-state index in [9.17, 15) is 40.0 Å². The zero-order chi connectivity index (χ0) is 21.1. The number of ether oxygens (including phenoxy) is 2. The van der Waals surface area contributed by atoms with Crippen LogP contribution in [-0.4, -0.2) is 62.4 Å². The summed E-state index contributed by atoms with van der Waals surface area (Å²) in [7, 11) is 0. The largest absolute Gasteiger partial charge is 2.00 e. The number of aliphatic carboxylic acids is 2. The second-order valence-corrected chi connectivity index (χ2v) is 4.82. The molecule has 0 bridgehead atoms. The van der Waals surface area contributed by atoms with Gasteiger partial charge in [-0.15, -0.1) is 0 Å². The number of nitro benzene ring substituents is 2. The molecule has 0 radical (unpaired) electrons. The smallest absolute Gasteiger partial charge is 0.546 e. The molecule has 24 heteroatoms. The van der Waals surface area contributed by atoms with Gasteiger partial charge in [-0.3, -0.25) is 20.2 Å². The van der Waals surface area contributed by atoms with Gasteiger partial charge >= 0.3 is 16.5 Å². The van der Waals surface area contributed by atoms with E-state index in [2.05, 4.69) is 0 Å². The van der Waals surface area contributed by atoms with Crippen molar-refractivity contribution in [3.8, 4) is 11.5 Å². The number of non-ortho nitro benzene ring substituents is 2. The second-order valence-electron chi connectivity index (χ2n) is 4.82. The van der Waals surface area contributed by atoms with Gasteiger partial charge in [0.25, 0.3) is 11.4 Å². The summed E-state index contributed by atoms with van der Waals surface area (Å²) in [5.41, 5.74) is -0.156. The fourth-order valence-corrected chi connectivity index (χ4v) is 1.61. The van der Waals surface area contributed by atoms with Crippen molar-refractivity contribution in [1.29, 1.82) is 0 Å². The van der Waals surface area contributed by atoms with E-state index >= 15 is 0 Å². The molecule has 0 aromatic heterocycles. The second kappa shape index (κ2) is 39.3. The molecule has 0 spiro atoms. The molecule has 0 amide bonds. The Bertz CT molecular complexity index is 781. The van der Waals surface area contributed by atoms with Gasteiger partial charge in [0, 0.05) is 24.3 Å². The van der Waals surface area contributed by atoms with E-state index in [-0.39, 0.29) is 99.6 Å². The third kappa shape index (κ3) is 31.9. The van der Waals surface area contributed by atoms with Gasteiger partial charge in [0.2, 0.25) is 0 Å². The van der Waals surface area contributed by atoms with E-state index in [0.29, 0.717) is 0 Å². The summed E-state index contributed by atoms with van der Waals surface area (Å²) in [5, 5.41) is 40.5. The van der Waals surface area contributed by atoms with E-state index in [0.717, 1.165) is 0 Å². The minimum absolute atomic E-state index is 0. The van der Waals surface area contributed by atoms with Crippen molar-refractivity contribution in [2.75, 3.05) is 13.2 Å². The Morgan fingerprint density at radius 2 is 0.750 bits per heavy atom. The van der Waals surface area contributed by atoms with Crippen molar-refractivity contribution in [2.45, 2.75) is 0 Å². The van der Waals surface area contributed by atoms with E-state index in [1.165, 1.54) is 48.5 Å². The first-order chi connectivity index (χ1) is 13.2. The number of nitro groups is 2. The Kier molecular flexibility index (Phi) is 75.3. The van der Waals surface area contributed by atoms with Crippen LogP contribution in [0.15, 0.2) is 48.5 Å². The zero-order valence-electron chi connectivity index (χ0n) is 20.3. The minimum Gasteiger partial charge on any atom is -0.546 e. The molecule has 0 aliphatic carbocycles. The molecule has 0 aliphatic heterocycles. The molecule has 0 saturated carbocycles. The zero-order valence-corrected chi connectivity index (χ0v) is 21.3. The van der Waals surface area contributed by atoms with Crippen LogP contribution in [0.5, 0.6) is 11.5 Å². The number of nitrogens with zero attached hydrogens (tertiary/aromatic N) is 2. The molecule has 2 aromatic rings. The number of benzene rings is 2. The normalized spacial score (nSPS) is 6.60. The van der Waals surface area contributed by atoms with Crippen molar-refractivity contribution in [3.63, 3.8) is 0 Å². The van der Waals surface area contributed by atoms with Gasteiger partial charge in [-0.2, -0.15) is 0 Å². The van der Waals surface area contributed by atoms with Crippen molar-refractivity contribution < 1.29 is 116 Å². The van der Waals surface area contributed by atoms with Gasteiger partial charge in [0.1, 0.15) is 24.7 Å². The molecule has 0 fully saturated rings. The summed E-state index contributed by atoms with van der Waals surface area (Å²) in [6.07, 6.45) is 0. The maximum atomic E-state index is 10.2. The van der Waals surface area contributed by atoms with Gasteiger partial charge in [-0.1, -0.05) is 0 Å². The van der Waals surface area contributed by atoms with Crippen molar-refractivity contribution in [1.82, 2.24) is 0 Å². The predicted molar refractivity (Wildman–Crippen MR) is 134 cm³/mol. The first kappa shape index (κ1) is 76.5. The molecule has 0 unspecified atom stereocenters. The van der Waals surface area contributed by atoms with Crippen LogP contribution in [0.2, 0.25) is 0 Å². The SMILES string of the molecule is O.O.O.O.O.O=C([O-])COc1ccc([N+](=O)[O-])cc1.O=C([O-])COc1ccc([N+](=O)[O-])cc1.[Ni+2].[OH3+].[OH3+].[OH3+].[OH3+].[OH3+].[OH3+]. The predicted octanol–water partition coefficient (Wildman–Crippen LogP) is -10.2. The third-order valence-electron chi connectivity index (χ3n) is 2.81. The molecule has 2 aromatic carbocycles. The van der Waals surface area contributed by atoms with Gasteiger partial charge in [-0.25, -0.2) is 0 Å². The topological polar surface area (TPSA) is 540 Å². The summed E-state index contributed by atoms with van der Waals surface area (Å²) >= 11 is 0. The fourth-order valence-electron chi connectivity index (χ4n) is 1.61. The van der Waals surface area contributed by atoms with Crippen LogP contribution < -0.4 is 19.7 Å². The molecule has 0 aliphatic rings. The summed E-state index contributed by atoms with van der Waals surface area (Å²) in [4.78, 5) is 39.4. The number of carboxylic acids is 2. The fraction of sp³-hybridized carbons (Fsp3) is 0.125. The Morgan fingerprint density at radius 3 is 0.900 bits per heavy atom. The molecule has 28 N–H and O–H groups in total. The van der Waals surface area contributed by atoms with Crippen molar-refractivity contribution in [3.05, 3.63) is 68.8 Å². The van der Waals surface area contributed by atoms with Crippen LogP contribution in [0.25, 0.3) is 0 Å². The van der Waals surface area contributed by atoms with E-state index < -0.39 is 35.0 Å². The van der Waals surface area contributed by atoms with Gasteiger partial charge in [0.15, 0.2) is 0 Å². The van der Waals surface area contributed by atoms with Crippen LogP contribution in [0.1, 0.15) is 0 Å². The Balaban J connectivity index is -0.0000000302. The molecule has 23 nitrogen and oxygen atoms in total. The number of rotatable bonds is 8. The molecule has 2 rings (SSSR count). The van der Waals surface area contributed by atoms with Crippen LogP contribution >= 0.6 is 0 Å². The molecule has 0 atom stereocenters. The number of carbonyl (C=O) groups excluding carboxylic acids is 2. The summed E-state index contributed by atoms with van der Waals surface area (Å²) in [6.45, 7) is -1.14. The van der Waals surface area contributed by atoms with Crippen molar-refractivity contribution in [2.24, 2.45) is 0 Å². The van der Waals surface area contributed by atoms with Crippen molar-refractivity contribution >= 4 is 23.3 Å². The average Bonchev–Trinajstić information content (AvgIpc) is 2.65. The summed E-state index contributed by atoms with van der Waals surface area (Å²) in [6, 6.07) is 10.2. The summed E-state index contributed by atoms with van der Waals surface area (Å²) < 4.78 is 9.44. The number of carboxylic acid groups (broad SMARTS) is 2. The average molecular weight is 655 g/mol. The van der Waals surface area contributed by atoms with Crippen LogP contribution in [0, 0.1) is 20.2 Å².